The summed E-state index contributed by atoms with van der Waals surface area (Å²) in [5, 5.41) is 19.6. The Morgan fingerprint density at radius 2 is 1.76 bits per heavy atom. The van der Waals surface area contributed by atoms with Gasteiger partial charge in [0.15, 0.2) is 11.6 Å². The van der Waals surface area contributed by atoms with Gasteiger partial charge < -0.3 is 0 Å². The van der Waals surface area contributed by atoms with E-state index in [9.17, 15) is 24.3 Å². The maximum absolute atomic E-state index is 14.6. The van der Waals surface area contributed by atoms with Crippen molar-refractivity contribution in [3.8, 4) is 12.3 Å². The van der Waals surface area contributed by atoms with Crippen molar-refractivity contribution in [1.82, 2.24) is 4.72 Å². The van der Waals surface area contributed by atoms with Crippen molar-refractivity contribution in [2.45, 2.75) is 111 Å². The molecule has 0 aromatic rings. The zero-order valence-corrected chi connectivity index (χ0v) is 27.0. The first-order valence-electron chi connectivity index (χ1n) is 15.4. The molecule has 7 nitrogen and oxygen atoms in total. The number of ketones is 2. The van der Waals surface area contributed by atoms with Gasteiger partial charge in [-0.25, -0.2) is 8.93 Å². The molecule has 0 amide bonds. The second-order valence-corrected chi connectivity index (χ2v) is 16.7. The number of allylic oxidation sites excluding steroid dienone is 4. The Hall–Kier alpha value is -2.29. The molecule has 4 aliphatic rings. The maximum atomic E-state index is 14.6. The minimum absolute atomic E-state index is 0.0111. The highest BCUT2D eigenvalue weighted by atomic mass is 32.2. The lowest BCUT2D eigenvalue weighted by Crippen LogP contribution is -2.67. The molecule has 0 aliphatic heterocycles. The highest BCUT2D eigenvalue weighted by molar-refractivity contribution is 7.93. The molecular weight excluding hydrogens is 532 g/mol. The lowest BCUT2D eigenvalue weighted by molar-refractivity contribution is -0.148. The van der Waals surface area contributed by atoms with Crippen molar-refractivity contribution in [3.63, 3.8) is 0 Å². The van der Waals surface area contributed by atoms with Crippen molar-refractivity contribution < 1.29 is 13.8 Å². The van der Waals surface area contributed by atoms with Gasteiger partial charge in [0.05, 0.1) is 10.3 Å². The summed E-state index contributed by atoms with van der Waals surface area (Å²) in [5.41, 5.74) is -0.820. The van der Waals surface area contributed by atoms with Crippen LogP contribution in [0.15, 0.2) is 27.7 Å². The van der Waals surface area contributed by atoms with Gasteiger partial charge >= 0.3 is 0 Å². The van der Waals surface area contributed by atoms with Crippen molar-refractivity contribution in [1.29, 1.82) is 10.5 Å². The third kappa shape index (κ3) is 4.07. The van der Waals surface area contributed by atoms with Crippen LogP contribution in [0.25, 0.3) is 0 Å². The van der Waals surface area contributed by atoms with Crippen molar-refractivity contribution in [2.75, 3.05) is 7.05 Å². The van der Waals surface area contributed by atoms with Gasteiger partial charge in [-0.2, -0.15) is 10.5 Å². The Morgan fingerprint density at radius 1 is 1.07 bits per heavy atom. The summed E-state index contributed by atoms with van der Waals surface area (Å²) >= 11 is 0. The molecule has 0 spiro atoms. The van der Waals surface area contributed by atoms with Crippen LogP contribution in [0, 0.1) is 62.2 Å². The first-order valence-corrected chi connectivity index (χ1v) is 16.9. The summed E-state index contributed by atoms with van der Waals surface area (Å²) in [6.45, 7) is 14.8. The lowest BCUT2D eigenvalue weighted by atomic mass is 9.36. The molecule has 1 unspecified atom stereocenters. The van der Waals surface area contributed by atoms with E-state index in [1.54, 1.807) is 7.05 Å². The molecule has 4 rings (SSSR count). The Kier molecular flexibility index (Phi) is 8.07. The van der Waals surface area contributed by atoms with Crippen LogP contribution in [0.4, 0.5) is 0 Å². The summed E-state index contributed by atoms with van der Waals surface area (Å²) in [6.07, 6.45) is 12.5. The minimum Gasteiger partial charge on any atom is -0.295 e. The van der Waals surface area contributed by atoms with Crippen LogP contribution >= 0.6 is 0 Å². The molecule has 2 saturated carbocycles. The third-order valence-corrected chi connectivity index (χ3v) is 15.0. The van der Waals surface area contributed by atoms with E-state index in [0.717, 1.165) is 44.1 Å². The topological polar surface area (TPSA) is 123 Å². The maximum Gasteiger partial charge on any atom is 0.215 e. The third-order valence-electron chi connectivity index (χ3n) is 12.3. The number of hydrogen-bond acceptors (Lipinski definition) is 6. The number of Topliss-reactive ketones (excluding diaryl/α,β-unsaturated/α-hetero) is 1. The van der Waals surface area contributed by atoms with Gasteiger partial charge in [-0.1, -0.05) is 79.4 Å². The van der Waals surface area contributed by atoms with Gasteiger partial charge in [0, 0.05) is 16.7 Å². The van der Waals surface area contributed by atoms with Crippen molar-refractivity contribution >= 4 is 21.5 Å². The van der Waals surface area contributed by atoms with E-state index in [1.165, 1.54) is 0 Å². The smallest absolute Gasteiger partial charge is 0.215 e. The molecule has 0 bridgehead atoms. The largest absolute Gasteiger partial charge is 0.295 e. The van der Waals surface area contributed by atoms with E-state index in [-0.39, 0.29) is 40.3 Å². The standard InChI is InChI=1S/C33H48N4O3S/c1-9-11-14-33(41(40,36-8)37-21-35)17-16-32(7)27(23(33)12-10-2)24(38)18-26-30(5)19-22(20-34)28(39)29(3,4)25(30)13-15-31(26,32)6/h18-19,23,25,27H,9-17H2,1-8H3,(H,36,37,40)/t23-,25-,27-,30-,31+,32+,33-,41?/m0/s1. The van der Waals surface area contributed by atoms with E-state index in [2.05, 4.69) is 49.8 Å². The minimum atomic E-state index is -3.14. The normalized spacial score (nSPS) is 40.9. The number of hydrogen-bond donors (Lipinski definition) is 1. The first-order chi connectivity index (χ1) is 19.1. The van der Waals surface area contributed by atoms with Crippen LogP contribution < -0.4 is 4.72 Å². The molecule has 0 aromatic carbocycles. The number of unbranched alkanes of at least 4 members (excludes halogenated alkanes) is 1. The number of nitriles is 2. The number of nitrogens with one attached hydrogen (secondary N) is 1. The fourth-order valence-electron chi connectivity index (χ4n) is 10.1. The number of fused-ring (bicyclic) bond motifs is 5. The molecule has 41 heavy (non-hydrogen) atoms. The van der Waals surface area contributed by atoms with Crippen LogP contribution in [0.3, 0.4) is 0 Å². The Bertz CT molecular complexity index is 1410. The molecular formula is C33H48N4O3S. The van der Waals surface area contributed by atoms with Crippen LogP contribution in [0.1, 0.15) is 106 Å². The molecule has 0 heterocycles. The predicted molar refractivity (Wildman–Crippen MR) is 161 cm³/mol. The zero-order chi connectivity index (χ0) is 30.6. The Morgan fingerprint density at radius 3 is 2.32 bits per heavy atom. The fraction of sp³-hybridized carbons (Fsp3) is 0.758. The average molecular weight is 581 g/mol. The summed E-state index contributed by atoms with van der Waals surface area (Å²) in [6, 6.07) is 2.17. The highest BCUT2D eigenvalue weighted by Gasteiger charge is 2.70. The summed E-state index contributed by atoms with van der Waals surface area (Å²) in [5.74, 6) is -0.623. The first kappa shape index (κ1) is 31.6. The fourth-order valence-corrected chi connectivity index (χ4v) is 12.4. The molecule has 2 fully saturated rings. The van der Waals surface area contributed by atoms with Gasteiger partial charge in [0.1, 0.15) is 16.0 Å². The Labute approximate surface area is 247 Å². The molecule has 0 radical (unpaired) electrons. The summed E-state index contributed by atoms with van der Waals surface area (Å²) in [4.78, 5) is 27.9. The summed E-state index contributed by atoms with van der Waals surface area (Å²) < 4.78 is 20.8. The summed E-state index contributed by atoms with van der Waals surface area (Å²) in [7, 11) is -1.51. The van der Waals surface area contributed by atoms with Crippen molar-refractivity contribution in [2.24, 2.45) is 43.8 Å². The average Bonchev–Trinajstić information content (AvgIpc) is 2.92. The second-order valence-electron chi connectivity index (χ2n) is 14.3. The number of carbonyl (C=O) groups excluding carboxylic acids is 2. The van der Waals surface area contributed by atoms with E-state index in [0.29, 0.717) is 19.3 Å². The van der Waals surface area contributed by atoms with Gasteiger partial charge in [0.25, 0.3) is 0 Å². The lowest BCUT2D eigenvalue weighted by Gasteiger charge is -2.68. The van der Waals surface area contributed by atoms with E-state index < -0.39 is 30.9 Å². The van der Waals surface area contributed by atoms with Gasteiger partial charge in [-0.15, -0.1) is 4.36 Å². The molecule has 8 heteroatoms. The van der Waals surface area contributed by atoms with E-state index in [4.69, 9.17) is 0 Å². The van der Waals surface area contributed by atoms with Gasteiger partial charge in [-0.05, 0) is 74.3 Å². The van der Waals surface area contributed by atoms with Crippen LogP contribution in [0.5, 0.6) is 0 Å². The molecule has 1 N–H and O–H groups in total. The highest BCUT2D eigenvalue weighted by Crippen LogP contribution is 2.73. The molecule has 224 valence electrons. The predicted octanol–water partition coefficient (Wildman–Crippen LogP) is 6.82. The zero-order valence-electron chi connectivity index (χ0n) is 26.2. The van der Waals surface area contributed by atoms with Gasteiger partial charge in [-0.3, -0.25) is 9.59 Å². The molecule has 8 atom stereocenters. The SMILES string of the molecule is CCCC[C@]1(S(=O)(=NC#N)NC)CC[C@]2(C)[C@H](C(=O)C=C3[C@@]4(C)C=C(C#N)C(=O)C(C)(C)[C@@H]4CC[C@]32C)[C@@H]1CCC. The molecule has 0 saturated heterocycles. The van der Waals surface area contributed by atoms with Crippen LogP contribution in [-0.4, -0.2) is 27.6 Å². The molecule has 4 aliphatic carbocycles. The monoisotopic (exact) mass is 580 g/mol. The second kappa shape index (κ2) is 10.5. The quantitative estimate of drug-likeness (QED) is 0.331. The number of carbonyl (C=O) groups is 2. The number of rotatable bonds is 7. The van der Waals surface area contributed by atoms with E-state index >= 15 is 0 Å². The Balaban J connectivity index is 1.98. The van der Waals surface area contributed by atoms with Crippen LogP contribution in [-0.2, 0) is 19.5 Å². The van der Waals surface area contributed by atoms with E-state index in [1.807, 2.05) is 32.2 Å². The molecule has 0 aromatic heterocycles. The van der Waals surface area contributed by atoms with Crippen LogP contribution in [0.2, 0.25) is 0 Å². The number of nitrogens with zero attached hydrogens (tertiary/aromatic N) is 3. The van der Waals surface area contributed by atoms with Crippen molar-refractivity contribution in [3.05, 3.63) is 23.3 Å². The van der Waals surface area contributed by atoms with Gasteiger partial charge in [0.2, 0.25) is 6.19 Å².